The first kappa shape index (κ1) is 19.4. The third-order valence-corrected chi connectivity index (χ3v) is 5.27. The molecule has 1 aromatic rings. The number of nitrogens with zero attached hydrogens (tertiary/aromatic N) is 3. The van der Waals surface area contributed by atoms with Crippen molar-refractivity contribution in [3.8, 4) is 0 Å². The van der Waals surface area contributed by atoms with Gasteiger partial charge in [-0.05, 0) is 57.0 Å². The first-order valence-electron chi connectivity index (χ1n) is 9.76. The lowest BCUT2D eigenvalue weighted by Gasteiger charge is -2.32. The number of amides is 3. The van der Waals surface area contributed by atoms with Crippen molar-refractivity contribution < 1.29 is 14.4 Å². The molecule has 3 rings (SSSR count). The highest BCUT2D eigenvalue weighted by Crippen LogP contribution is 2.13. The highest BCUT2D eigenvalue weighted by molar-refractivity contribution is 6.35. The van der Waals surface area contributed by atoms with Gasteiger partial charge in [0.2, 0.25) is 5.91 Å². The summed E-state index contributed by atoms with van der Waals surface area (Å²) in [5.41, 5.74) is 1.95. The second kappa shape index (κ2) is 8.99. The van der Waals surface area contributed by atoms with Crippen molar-refractivity contribution in [2.24, 2.45) is 0 Å². The molecule has 2 fully saturated rings. The highest BCUT2D eigenvalue weighted by Gasteiger charge is 2.32. The van der Waals surface area contributed by atoms with E-state index in [1.807, 2.05) is 31.2 Å². The van der Waals surface area contributed by atoms with Gasteiger partial charge in [0, 0.05) is 31.9 Å². The molecule has 0 bridgehead atoms. The van der Waals surface area contributed by atoms with Crippen molar-refractivity contribution >= 4 is 23.4 Å². The molecule has 27 heavy (non-hydrogen) atoms. The Balaban J connectivity index is 1.46. The molecule has 0 spiro atoms. The predicted octanol–water partition coefficient (Wildman–Crippen LogP) is 0.954. The van der Waals surface area contributed by atoms with E-state index in [2.05, 4.69) is 10.2 Å². The molecule has 146 valence electrons. The van der Waals surface area contributed by atoms with Crippen LogP contribution in [0.3, 0.4) is 0 Å². The van der Waals surface area contributed by atoms with Crippen molar-refractivity contribution in [1.82, 2.24) is 14.7 Å². The van der Waals surface area contributed by atoms with E-state index in [9.17, 15) is 14.4 Å². The Labute approximate surface area is 160 Å². The Morgan fingerprint density at radius 2 is 1.59 bits per heavy atom. The molecular formula is C20H28N4O3. The van der Waals surface area contributed by atoms with Gasteiger partial charge in [0.25, 0.3) is 0 Å². The van der Waals surface area contributed by atoms with E-state index in [0.29, 0.717) is 25.3 Å². The number of rotatable bonds is 7. The van der Waals surface area contributed by atoms with Crippen molar-refractivity contribution in [2.75, 3.05) is 51.1 Å². The summed E-state index contributed by atoms with van der Waals surface area (Å²) in [7, 11) is 0. The van der Waals surface area contributed by atoms with E-state index in [1.165, 1.54) is 41.3 Å². The zero-order valence-corrected chi connectivity index (χ0v) is 15.9. The highest BCUT2D eigenvalue weighted by atomic mass is 16.2. The number of likely N-dealkylation sites (tertiary alicyclic amines) is 1. The zero-order chi connectivity index (χ0) is 19.2. The second-order valence-electron chi connectivity index (χ2n) is 7.16. The van der Waals surface area contributed by atoms with Gasteiger partial charge in [-0.2, -0.15) is 0 Å². The number of carbonyl (C=O) groups is 3. The lowest BCUT2D eigenvalue weighted by molar-refractivity contribution is -0.156. The minimum Gasteiger partial charge on any atom is -0.333 e. The van der Waals surface area contributed by atoms with E-state index in [4.69, 9.17) is 0 Å². The van der Waals surface area contributed by atoms with Crippen molar-refractivity contribution in [3.05, 3.63) is 29.8 Å². The molecule has 2 heterocycles. The van der Waals surface area contributed by atoms with Gasteiger partial charge in [-0.15, -0.1) is 0 Å². The summed E-state index contributed by atoms with van der Waals surface area (Å²) >= 11 is 0. The molecule has 2 saturated heterocycles. The number of hydrogen-bond acceptors (Lipinski definition) is 4. The molecule has 0 aliphatic carbocycles. The van der Waals surface area contributed by atoms with Gasteiger partial charge < -0.3 is 20.0 Å². The van der Waals surface area contributed by atoms with Gasteiger partial charge in [-0.3, -0.25) is 14.4 Å². The van der Waals surface area contributed by atoms with Crippen molar-refractivity contribution in [1.29, 1.82) is 0 Å². The van der Waals surface area contributed by atoms with Crippen LogP contribution in [-0.2, 0) is 20.8 Å². The number of hydrogen-bond donors (Lipinski definition) is 1. The average Bonchev–Trinajstić information content (AvgIpc) is 3.19. The summed E-state index contributed by atoms with van der Waals surface area (Å²) < 4.78 is 0. The van der Waals surface area contributed by atoms with Crippen molar-refractivity contribution in [2.45, 2.75) is 26.2 Å². The smallest absolute Gasteiger partial charge is 0.312 e. The Hall–Kier alpha value is -2.41. The number of likely N-dealkylation sites (N-methyl/N-ethyl adjacent to an activating group) is 1. The monoisotopic (exact) mass is 372 g/mol. The summed E-state index contributed by atoms with van der Waals surface area (Å²) in [6.45, 7) is 6.58. The molecular weight excluding hydrogens is 344 g/mol. The van der Waals surface area contributed by atoms with Gasteiger partial charge in [0.15, 0.2) is 0 Å². The molecule has 0 radical (unpaired) electrons. The molecule has 0 unspecified atom stereocenters. The molecule has 3 amide bonds. The van der Waals surface area contributed by atoms with Gasteiger partial charge in [0.05, 0.1) is 0 Å². The largest absolute Gasteiger partial charge is 0.333 e. The van der Waals surface area contributed by atoms with Gasteiger partial charge >= 0.3 is 11.8 Å². The van der Waals surface area contributed by atoms with Crippen LogP contribution in [0, 0.1) is 0 Å². The Morgan fingerprint density at radius 3 is 2.26 bits per heavy atom. The molecule has 0 saturated carbocycles. The van der Waals surface area contributed by atoms with Crippen LogP contribution in [0.25, 0.3) is 0 Å². The van der Waals surface area contributed by atoms with Gasteiger partial charge in [0.1, 0.15) is 6.54 Å². The quantitative estimate of drug-likeness (QED) is 0.724. The van der Waals surface area contributed by atoms with Gasteiger partial charge in [-0.1, -0.05) is 12.1 Å². The van der Waals surface area contributed by atoms with E-state index >= 15 is 0 Å². The third kappa shape index (κ3) is 5.07. The molecule has 2 aliphatic heterocycles. The fourth-order valence-electron chi connectivity index (χ4n) is 3.59. The van der Waals surface area contributed by atoms with E-state index in [0.717, 1.165) is 13.0 Å². The molecule has 2 aliphatic rings. The number of anilines is 1. The maximum atomic E-state index is 12.2. The SMILES string of the molecule is CCN1CCN(CC(=O)Nc2ccc(CCN3CCCC3)cc2)C(=O)C1=O. The van der Waals surface area contributed by atoms with Crippen LogP contribution in [0.1, 0.15) is 25.3 Å². The standard InChI is InChI=1S/C20H28N4O3/c1-2-23-13-14-24(20(27)19(23)26)15-18(25)21-17-7-5-16(6-8-17)9-12-22-10-3-4-11-22/h5-8H,2-4,9-15H2,1H3,(H,21,25). The summed E-state index contributed by atoms with van der Waals surface area (Å²) in [6, 6.07) is 7.83. The number of nitrogens with one attached hydrogen (secondary N) is 1. The third-order valence-electron chi connectivity index (χ3n) is 5.27. The first-order chi connectivity index (χ1) is 13.1. The lowest BCUT2D eigenvalue weighted by atomic mass is 10.1. The van der Waals surface area contributed by atoms with Crippen LogP contribution in [0.5, 0.6) is 0 Å². The maximum Gasteiger partial charge on any atom is 0.312 e. The van der Waals surface area contributed by atoms with Crippen LogP contribution < -0.4 is 5.32 Å². The van der Waals surface area contributed by atoms with Crippen LogP contribution in [0.4, 0.5) is 5.69 Å². The topological polar surface area (TPSA) is 73.0 Å². The molecule has 7 nitrogen and oxygen atoms in total. The second-order valence-corrected chi connectivity index (χ2v) is 7.16. The van der Waals surface area contributed by atoms with Crippen LogP contribution in [-0.4, -0.2) is 78.2 Å². The molecule has 0 aromatic heterocycles. The minimum absolute atomic E-state index is 0.0984. The molecule has 7 heteroatoms. The van der Waals surface area contributed by atoms with E-state index < -0.39 is 11.8 Å². The number of carbonyl (C=O) groups excluding carboxylic acids is 3. The fraction of sp³-hybridized carbons (Fsp3) is 0.550. The fourth-order valence-corrected chi connectivity index (χ4v) is 3.59. The minimum atomic E-state index is -0.601. The lowest BCUT2D eigenvalue weighted by Crippen LogP contribution is -2.55. The Bertz CT molecular complexity index is 683. The van der Waals surface area contributed by atoms with Crippen LogP contribution in [0.15, 0.2) is 24.3 Å². The number of benzene rings is 1. The summed E-state index contributed by atoms with van der Waals surface area (Å²) in [4.78, 5) is 41.5. The first-order valence-corrected chi connectivity index (χ1v) is 9.76. The van der Waals surface area contributed by atoms with E-state index in [-0.39, 0.29) is 12.5 Å². The number of piperazine rings is 1. The normalized spacial score (nSPS) is 18.3. The summed E-state index contributed by atoms with van der Waals surface area (Å²) in [6.07, 6.45) is 3.60. The summed E-state index contributed by atoms with van der Waals surface area (Å²) in [5, 5.41) is 2.81. The predicted molar refractivity (Wildman–Crippen MR) is 103 cm³/mol. The van der Waals surface area contributed by atoms with E-state index in [1.54, 1.807) is 0 Å². The van der Waals surface area contributed by atoms with Gasteiger partial charge in [-0.25, -0.2) is 0 Å². The Morgan fingerprint density at radius 1 is 0.963 bits per heavy atom. The summed E-state index contributed by atoms with van der Waals surface area (Å²) in [5.74, 6) is -1.42. The molecule has 0 atom stereocenters. The van der Waals surface area contributed by atoms with Crippen LogP contribution in [0.2, 0.25) is 0 Å². The van der Waals surface area contributed by atoms with Crippen molar-refractivity contribution in [3.63, 3.8) is 0 Å². The zero-order valence-electron chi connectivity index (χ0n) is 15.9. The Kier molecular flexibility index (Phi) is 6.45. The molecule has 1 N–H and O–H groups in total. The van der Waals surface area contributed by atoms with Crippen LogP contribution >= 0.6 is 0 Å². The average molecular weight is 372 g/mol. The molecule has 1 aromatic carbocycles. The maximum absolute atomic E-state index is 12.2.